The molecule has 1 aliphatic heterocycles. The van der Waals surface area contributed by atoms with Crippen LogP contribution in [0.25, 0.3) is 0 Å². The van der Waals surface area contributed by atoms with Crippen LogP contribution in [-0.2, 0) is 17.6 Å². The molecule has 5 heteroatoms. The van der Waals surface area contributed by atoms with Gasteiger partial charge in [-0.3, -0.25) is 4.79 Å². The molecule has 2 aromatic rings. The third-order valence-electron chi connectivity index (χ3n) is 4.60. The van der Waals surface area contributed by atoms with Gasteiger partial charge in [0.2, 0.25) is 0 Å². The summed E-state index contributed by atoms with van der Waals surface area (Å²) in [6, 6.07) is 15.7. The van der Waals surface area contributed by atoms with Crippen molar-refractivity contribution in [1.82, 2.24) is 4.90 Å². The maximum atomic E-state index is 13.0. The number of hydrogen-bond donors (Lipinski definition) is 1. The standard InChI is InChI=1S/C21H25NO4/c1-25-19-7-4-5-16(13-19)9-10-17-6-2-3-8-20(17)21(24)22-11-12-26-15-18(23)14-22/h2-8,13,18,23H,9-12,14-15H2,1H3. The summed E-state index contributed by atoms with van der Waals surface area (Å²) in [5, 5.41) is 9.90. The van der Waals surface area contributed by atoms with Gasteiger partial charge in [-0.25, -0.2) is 0 Å². The first-order chi connectivity index (χ1) is 12.7. The minimum atomic E-state index is -0.634. The van der Waals surface area contributed by atoms with Gasteiger partial charge < -0.3 is 19.5 Å². The predicted octanol–water partition coefficient (Wildman–Crippen LogP) is 2.31. The number of carbonyl (C=O) groups excluding carboxylic acids is 1. The monoisotopic (exact) mass is 355 g/mol. The number of β-amino-alcohol motifs (C(OH)–C–C–N with tert-alkyl or cyclic N) is 1. The largest absolute Gasteiger partial charge is 0.497 e. The van der Waals surface area contributed by atoms with Crippen LogP contribution in [-0.4, -0.2) is 55.4 Å². The van der Waals surface area contributed by atoms with Gasteiger partial charge in [-0.05, 0) is 42.2 Å². The van der Waals surface area contributed by atoms with Gasteiger partial charge >= 0.3 is 0 Å². The van der Waals surface area contributed by atoms with E-state index in [4.69, 9.17) is 9.47 Å². The van der Waals surface area contributed by atoms with Crippen LogP contribution in [0.2, 0.25) is 0 Å². The molecule has 1 unspecified atom stereocenters. The molecule has 3 rings (SSSR count). The van der Waals surface area contributed by atoms with E-state index < -0.39 is 6.10 Å². The van der Waals surface area contributed by atoms with Crippen LogP contribution >= 0.6 is 0 Å². The maximum Gasteiger partial charge on any atom is 0.254 e. The van der Waals surface area contributed by atoms with Gasteiger partial charge in [-0.1, -0.05) is 30.3 Å². The fraction of sp³-hybridized carbons (Fsp3) is 0.381. The summed E-state index contributed by atoms with van der Waals surface area (Å²) in [6.45, 7) is 1.54. The second-order valence-electron chi connectivity index (χ2n) is 6.49. The molecule has 1 heterocycles. The highest BCUT2D eigenvalue weighted by Gasteiger charge is 2.23. The van der Waals surface area contributed by atoms with E-state index >= 15 is 0 Å². The van der Waals surface area contributed by atoms with Crippen LogP contribution < -0.4 is 4.74 Å². The molecule has 26 heavy (non-hydrogen) atoms. The van der Waals surface area contributed by atoms with Crippen molar-refractivity contribution in [1.29, 1.82) is 0 Å². The Kier molecular flexibility index (Phi) is 6.26. The number of ether oxygens (including phenoxy) is 2. The zero-order chi connectivity index (χ0) is 18.4. The number of nitrogens with zero attached hydrogens (tertiary/aromatic N) is 1. The number of aliphatic hydroxyl groups is 1. The van der Waals surface area contributed by atoms with E-state index in [1.165, 1.54) is 5.56 Å². The minimum absolute atomic E-state index is 0.0456. The normalized spacial score (nSPS) is 17.6. The molecule has 0 aliphatic carbocycles. The highest BCUT2D eigenvalue weighted by molar-refractivity contribution is 5.95. The molecule has 0 spiro atoms. The SMILES string of the molecule is COc1cccc(CCc2ccccc2C(=O)N2CCOCC(O)C2)c1. The number of rotatable bonds is 5. The van der Waals surface area contributed by atoms with Crippen molar-refractivity contribution in [3.63, 3.8) is 0 Å². The molecular weight excluding hydrogens is 330 g/mol. The molecule has 138 valence electrons. The first-order valence-electron chi connectivity index (χ1n) is 8.93. The number of methoxy groups -OCH3 is 1. The van der Waals surface area contributed by atoms with Crippen molar-refractivity contribution in [3.05, 3.63) is 65.2 Å². The molecule has 1 fully saturated rings. The van der Waals surface area contributed by atoms with Crippen LogP contribution in [0, 0.1) is 0 Å². The second-order valence-corrected chi connectivity index (χ2v) is 6.49. The smallest absolute Gasteiger partial charge is 0.254 e. The number of aryl methyl sites for hydroxylation is 2. The summed E-state index contributed by atoms with van der Waals surface area (Å²) in [4.78, 5) is 14.7. The van der Waals surface area contributed by atoms with Crippen LogP contribution in [0.5, 0.6) is 5.75 Å². The summed E-state index contributed by atoms with van der Waals surface area (Å²) < 4.78 is 10.6. The van der Waals surface area contributed by atoms with Gasteiger partial charge in [0.15, 0.2) is 0 Å². The molecule has 0 saturated carbocycles. The fourth-order valence-electron chi connectivity index (χ4n) is 3.20. The Labute approximate surface area is 154 Å². The number of carbonyl (C=O) groups is 1. The fourth-order valence-corrected chi connectivity index (χ4v) is 3.20. The van der Waals surface area contributed by atoms with E-state index in [9.17, 15) is 9.90 Å². The molecule has 5 nitrogen and oxygen atoms in total. The summed E-state index contributed by atoms with van der Waals surface area (Å²) in [5.41, 5.74) is 2.88. The van der Waals surface area contributed by atoms with E-state index in [1.54, 1.807) is 12.0 Å². The van der Waals surface area contributed by atoms with E-state index in [0.29, 0.717) is 25.3 Å². The molecule has 1 aliphatic rings. The lowest BCUT2D eigenvalue weighted by atomic mass is 9.98. The number of hydrogen-bond acceptors (Lipinski definition) is 4. The quantitative estimate of drug-likeness (QED) is 0.894. The lowest BCUT2D eigenvalue weighted by molar-refractivity contribution is 0.0534. The van der Waals surface area contributed by atoms with Gasteiger partial charge in [0.25, 0.3) is 5.91 Å². The summed E-state index contributed by atoms with van der Waals surface area (Å²) in [7, 11) is 1.66. The zero-order valence-electron chi connectivity index (χ0n) is 15.1. The summed E-state index contributed by atoms with van der Waals surface area (Å²) >= 11 is 0. The van der Waals surface area contributed by atoms with Gasteiger partial charge in [0.05, 0.1) is 26.4 Å². The Balaban J connectivity index is 1.73. The second kappa shape index (κ2) is 8.83. The van der Waals surface area contributed by atoms with Crippen LogP contribution in [0.15, 0.2) is 48.5 Å². The van der Waals surface area contributed by atoms with Crippen molar-refractivity contribution in [3.8, 4) is 5.75 Å². The topological polar surface area (TPSA) is 59.0 Å². The molecule has 2 aromatic carbocycles. The van der Waals surface area contributed by atoms with Gasteiger partial charge in [0, 0.05) is 18.7 Å². The van der Waals surface area contributed by atoms with E-state index in [0.717, 1.165) is 24.2 Å². The molecular formula is C21H25NO4. The van der Waals surface area contributed by atoms with Crippen LogP contribution in [0.4, 0.5) is 0 Å². The van der Waals surface area contributed by atoms with Crippen molar-refractivity contribution < 1.29 is 19.4 Å². The first kappa shape index (κ1) is 18.4. The lowest BCUT2D eigenvalue weighted by Crippen LogP contribution is -2.38. The number of benzene rings is 2. The average Bonchev–Trinajstić information content (AvgIpc) is 2.90. The summed E-state index contributed by atoms with van der Waals surface area (Å²) in [6.07, 6.45) is 0.959. The molecule has 1 N–H and O–H groups in total. The number of amides is 1. The van der Waals surface area contributed by atoms with Crippen LogP contribution in [0.3, 0.4) is 0 Å². The van der Waals surface area contributed by atoms with E-state index in [2.05, 4.69) is 6.07 Å². The van der Waals surface area contributed by atoms with Crippen molar-refractivity contribution in [2.75, 3.05) is 33.4 Å². The minimum Gasteiger partial charge on any atom is -0.497 e. The Morgan fingerprint density at radius 3 is 2.92 bits per heavy atom. The van der Waals surface area contributed by atoms with Gasteiger partial charge in [-0.2, -0.15) is 0 Å². The maximum absolute atomic E-state index is 13.0. The number of aliphatic hydroxyl groups excluding tert-OH is 1. The van der Waals surface area contributed by atoms with Crippen molar-refractivity contribution in [2.45, 2.75) is 18.9 Å². The van der Waals surface area contributed by atoms with E-state index in [1.807, 2.05) is 42.5 Å². The van der Waals surface area contributed by atoms with Crippen molar-refractivity contribution in [2.24, 2.45) is 0 Å². The lowest BCUT2D eigenvalue weighted by Gasteiger charge is -2.22. The molecule has 0 bridgehead atoms. The third-order valence-corrected chi connectivity index (χ3v) is 4.60. The Bertz CT molecular complexity index is 746. The van der Waals surface area contributed by atoms with Crippen LogP contribution in [0.1, 0.15) is 21.5 Å². The van der Waals surface area contributed by atoms with Crippen molar-refractivity contribution >= 4 is 5.91 Å². The van der Waals surface area contributed by atoms with Gasteiger partial charge in [0.1, 0.15) is 5.75 Å². The molecule has 1 atom stereocenters. The highest BCUT2D eigenvalue weighted by Crippen LogP contribution is 2.18. The first-order valence-corrected chi connectivity index (χ1v) is 8.93. The summed E-state index contributed by atoms with van der Waals surface area (Å²) in [5.74, 6) is 0.793. The molecule has 0 aromatic heterocycles. The highest BCUT2D eigenvalue weighted by atomic mass is 16.5. The predicted molar refractivity (Wildman–Crippen MR) is 99.6 cm³/mol. The van der Waals surface area contributed by atoms with E-state index in [-0.39, 0.29) is 12.5 Å². The Morgan fingerprint density at radius 1 is 1.23 bits per heavy atom. The Hall–Kier alpha value is -2.37. The average molecular weight is 355 g/mol. The molecule has 0 radical (unpaired) electrons. The molecule has 1 saturated heterocycles. The molecule has 1 amide bonds. The zero-order valence-corrected chi connectivity index (χ0v) is 15.1. The third kappa shape index (κ3) is 4.62. The van der Waals surface area contributed by atoms with Gasteiger partial charge in [-0.15, -0.1) is 0 Å². The Morgan fingerprint density at radius 2 is 2.08 bits per heavy atom.